The first-order valence-corrected chi connectivity index (χ1v) is 11.4. The van der Waals surface area contributed by atoms with Gasteiger partial charge in [0.25, 0.3) is 5.91 Å². The Bertz CT molecular complexity index is 1630. The van der Waals surface area contributed by atoms with E-state index in [-0.39, 0.29) is 0 Å². The molecule has 2 saturated carbocycles. The van der Waals surface area contributed by atoms with Crippen LogP contribution in [0.3, 0.4) is 0 Å². The lowest BCUT2D eigenvalue weighted by Gasteiger charge is -2.38. The van der Waals surface area contributed by atoms with Crippen LogP contribution in [0.1, 0.15) is 107 Å². The summed E-state index contributed by atoms with van der Waals surface area (Å²) in [5.41, 5.74) is -1.12. The summed E-state index contributed by atoms with van der Waals surface area (Å²) < 4.78 is 157. The van der Waals surface area contributed by atoms with Crippen molar-refractivity contribution in [2.75, 3.05) is 6.54 Å². The van der Waals surface area contributed by atoms with Crippen molar-refractivity contribution in [3.63, 3.8) is 0 Å². The number of ketones is 1. The number of hydrogen-bond donors (Lipinski definition) is 4. The van der Waals surface area contributed by atoms with E-state index in [0.29, 0.717) is 4.90 Å². The summed E-state index contributed by atoms with van der Waals surface area (Å²) in [6.45, 7) is -5.52. The van der Waals surface area contributed by atoms with Gasteiger partial charge in [0.15, 0.2) is 0 Å². The quantitative estimate of drug-likeness (QED) is 0.347. The molecular weight excluding hydrogens is 474 g/mol. The Balaban J connectivity index is 2.31. The SMILES string of the molecule is [2H]C([2H])([2H])C([C@H](NC(=O)NC(C)(C)C)C(=O)N1C[C@H]2[C@@H]([C@H]1C(=O)N[C@@]([2H])(C(=O)C(N)=O)C([2H])([2H])C1([2H])C([2H])([2H])C([2H])([2H])C1([2H])[2H])C2(C)C)(C([2H])([2H])[2H])C([2H])([2H])[2H]. The Kier molecular flexibility index (Phi) is 3.34. The number of carbonyl (C=O) groups is 5. The summed E-state index contributed by atoms with van der Waals surface area (Å²) >= 11 is 0. The van der Waals surface area contributed by atoms with Crippen LogP contribution < -0.4 is 21.7 Å². The number of amides is 5. The van der Waals surface area contributed by atoms with Crippen LogP contribution in [0.2, 0.25) is 0 Å². The van der Waals surface area contributed by atoms with Gasteiger partial charge in [0.1, 0.15) is 12.1 Å². The number of urea groups is 1. The highest BCUT2D eigenvalue weighted by Gasteiger charge is 2.70. The van der Waals surface area contributed by atoms with Crippen molar-refractivity contribution >= 4 is 29.5 Å². The molecule has 5 atom stereocenters. The summed E-state index contributed by atoms with van der Waals surface area (Å²) in [6.07, 6.45) is -15.8. The number of likely N-dealkylation sites (tertiary alicyclic amines) is 1. The van der Waals surface area contributed by atoms with Gasteiger partial charge in [0.2, 0.25) is 17.6 Å². The Morgan fingerprint density at radius 3 is 2.35 bits per heavy atom. The fourth-order valence-corrected chi connectivity index (χ4v) is 4.62. The number of nitrogens with zero attached hydrogens (tertiary/aromatic N) is 1. The zero-order valence-electron chi connectivity index (χ0n) is 40.1. The van der Waals surface area contributed by atoms with Crippen LogP contribution in [0.15, 0.2) is 0 Å². The van der Waals surface area contributed by atoms with Gasteiger partial charge in [-0.15, -0.1) is 0 Å². The average molecular weight is 539 g/mol. The monoisotopic (exact) mass is 538 g/mol. The lowest BCUT2D eigenvalue weighted by molar-refractivity contribution is -0.145. The normalized spacial score (nSPS) is 41.1. The topological polar surface area (TPSA) is 151 Å². The lowest BCUT2D eigenvalue weighted by Crippen LogP contribution is -2.62. The van der Waals surface area contributed by atoms with Crippen molar-refractivity contribution in [1.82, 2.24) is 20.9 Å². The average Bonchev–Trinajstić information content (AvgIpc) is 3.27. The number of Topliss-reactive ketones (excluding diaryl/α,β-unsaturated/α-hetero) is 1. The molecule has 1 aliphatic heterocycles. The second-order valence-electron chi connectivity index (χ2n) is 10.9. The molecule has 0 aromatic carbocycles. The van der Waals surface area contributed by atoms with Crippen LogP contribution in [-0.4, -0.2) is 64.6 Å². The Labute approximate surface area is 246 Å². The van der Waals surface area contributed by atoms with E-state index in [1.165, 1.54) is 20.8 Å². The van der Waals surface area contributed by atoms with Crippen LogP contribution in [0.25, 0.3) is 0 Å². The molecule has 3 fully saturated rings. The number of rotatable bonds is 8. The first-order valence-electron chi connectivity index (χ1n) is 20.9. The summed E-state index contributed by atoms with van der Waals surface area (Å²) in [5.74, 6) is -14.0. The summed E-state index contributed by atoms with van der Waals surface area (Å²) in [6, 6.07) is -10.8. The van der Waals surface area contributed by atoms with E-state index in [2.05, 4.69) is 5.32 Å². The number of primary amides is 1. The second-order valence-corrected chi connectivity index (χ2v) is 10.9. The maximum atomic E-state index is 14.7. The van der Waals surface area contributed by atoms with Crippen LogP contribution in [0.5, 0.6) is 0 Å². The molecule has 37 heavy (non-hydrogen) atoms. The predicted molar refractivity (Wildman–Crippen MR) is 139 cm³/mol. The van der Waals surface area contributed by atoms with Gasteiger partial charge in [-0.1, -0.05) is 53.5 Å². The number of nitrogens with one attached hydrogen (secondary N) is 3. The maximum absolute atomic E-state index is 14.7. The first-order chi connectivity index (χ1) is 24.4. The molecule has 10 heteroatoms. The molecule has 5 N–H and O–H groups in total. The van der Waals surface area contributed by atoms with E-state index in [1.807, 2.05) is 5.32 Å². The molecule has 0 spiro atoms. The first kappa shape index (κ1) is 12.5. The summed E-state index contributed by atoms with van der Waals surface area (Å²) in [4.78, 5) is 68.4. The van der Waals surface area contributed by atoms with Gasteiger partial charge in [-0.3, -0.25) is 19.2 Å². The van der Waals surface area contributed by atoms with Crippen molar-refractivity contribution in [3.05, 3.63) is 0 Å². The zero-order valence-corrected chi connectivity index (χ0v) is 21.1. The highest BCUT2D eigenvalue weighted by Crippen LogP contribution is 2.65. The van der Waals surface area contributed by atoms with E-state index in [9.17, 15) is 24.0 Å². The molecule has 0 radical (unpaired) electrons. The Morgan fingerprint density at radius 2 is 1.81 bits per heavy atom. The molecule has 0 bridgehead atoms. The van der Waals surface area contributed by atoms with Crippen LogP contribution in [0, 0.1) is 28.6 Å². The van der Waals surface area contributed by atoms with Crippen molar-refractivity contribution in [3.8, 4) is 0 Å². The van der Waals surface area contributed by atoms with Gasteiger partial charge in [-0.2, -0.15) is 0 Å². The minimum Gasteiger partial charge on any atom is -0.363 e. The van der Waals surface area contributed by atoms with Crippen LogP contribution in [0.4, 0.5) is 4.79 Å². The minimum atomic E-state index is -4.39. The molecule has 0 aromatic heterocycles. The zero-order chi connectivity index (χ0) is 44.6. The molecule has 5 amide bonds. The Morgan fingerprint density at radius 1 is 1.19 bits per heavy atom. The van der Waals surface area contributed by atoms with Gasteiger partial charge < -0.3 is 26.6 Å². The summed E-state index contributed by atoms with van der Waals surface area (Å²) in [5, 5.41) is 5.73. The van der Waals surface area contributed by atoms with Gasteiger partial charge >= 0.3 is 6.03 Å². The standard InChI is InChI=1S/C27H45N5O5/c1-25(2,3)20(30-24(37)31-26(4,5)6)23(36)32-13-15-17(27(15,7)8)18(32)22(35)29-16(19(33)21(28)34)12-14-10-9-11-14/h14-18,20H,9-13H2,1-8H3,(H2,28,34)(H,29,35)(H2,30,31,37)/t15-,16+,17-,18-,20+/m0/s1/i1D3,2D3,3D3,9D2,10D2,11D2,12D2,14D,16D. The molecule has 1 saturated heterocycles. The number of fused-ring (bicyclic) bond motifs is 1. The van der Waals surface area contributed by atoms with Crippen molar-refractivity contribution in [1.29, 1.82) is 0 Å². The van der Waals surface area contributed by atoms with E-state index >= 15 is 0 Å². The lowest BCUT2D eigenvalue weighted by atomic mass is 9.80. The molecule has 3 rings (SSSR count). The van der Waals surface area contributed by atoms with E-state index < -0.39 is 134 Å². The number of carbonyl (C=O) groups excluding carboxylic acids is 5. The third-order valence-corrected chi connectivity index (χ3v) is 6.53. The molecule has 3 aliphatic rings. The molecule has 10 nitrogen and oxygen atoms in total. The summed E-state index contributed by atoms with van der Waals surface area (Å²) in [7, 11) is 0. The number of hydrogen-bond acceptors (Lipinski definition) is 5. The fraction of sp³-hybridized carbons (Fsp3) is 0.815. The largest absolute Gasteiger partial charge is 0.363 e. The minimum absolute atomic E-state index is 0.456. The van der Waals surface area contributed by atoms with Crippen LogP contribution in [-0.2, 0) is 19.2 Å². The van der Waals surface area contributed by atoms with E-state index in [4.69, 9.17) is 31.8 Å². The van der Waals surface area contributed by atoms with Gasteiger partial charge in [0, 0.05) is 36.8 Å². The molecule has 208 valence electrons. The smallest absolute Gasteiger partial charge is 0.315 e. The van der Waals surface area contributed by atoms with Gasteiger partial charge in [-0.05, 0) is 55.7 Å². The van der Waals surface area contributed by atoms with Crippen molar-refractivity contribution < 1.29 is 50.0 Å². The second kappa shape index (κ2) is 9.91. The fourth-order valence-electron chi connectivity index (χ4n) is 4.62. The van der Waals surface area contributed by atoms with Gasteiger partial charge in [-0.25, -0.2) is 4.79 Å². The highest BCUT2D eigenvalue weighted by atomic mass is 16.2. The number of piperidine rings is 1. The number of nitrogens with two attached hydrogens (primary N) is 1. The van der Waals surface area contributed by atoms with E-state index in [0.717, 1.165) is 0 Å². The van der Waals surface area contributed by atoms with Crippen molar-refractivity contribution in [2.24, 2.45) is 34.3 Å². The Hall–Kier alpha value is -2.65. The third kappa shape index (κ3) is 6.26. The molecule has 1 heterocycles. The molecular formula is C27H45N5O5. The van der Waals surface area contributed by atoms with Crippen LogP contribution >= 0.6 is 0 Å². The van der Waals surface area contributed by atoms with Gasteiger partial charge in [0.05, 0.1) is 7.39 Å². The highest BCUT2D eigenvalue weighted by molar-refractivity contribution is 6.37. The van der Waals surface area contributed by atoms with E-state index in [1.54, 1.807) is 19.2 Å². The molecule has 0 aromatic rings. The maximum Gasteiger partial charge on any atom is 0.315 e. The predicted octanol–water partition coefficient (Wildman–Crippen LogP) is 1.71. The third-order valence-electron chi connectivity index (χ3n) is 6.53. The molecule has 2 aliphatic carbocycles. The molecule has 0 unspecified atom stereocenters. The van der Waals surface area contributed by atoms with Crippen molar-refractivity contribution in [2.45, 2.75) is 104 Å².